The van der Waals surface area contributed by atoms with Crippen LogP contribution in [0.5, 0.6) is 0 Å². The van der Waals surface area contributed by atoms with Crippen LogP contribution in [0.1, 0.15) is 25.2 Å². The highest BCUT2D eigenvalue weighted by atomic mass is 35.5. The highest BCUT2D eigenvalue weighted by molar-refractivity contribution is 6.30. The van der Waals surface area contributed by atoms with Gasteiger partial charge in [-0.1, -0.05) is 23.7 Å². The first kappa shape index (κ1) is 18.6. The van der Waals surface area contributed by atoms with E-state index in [2.05, 4.69) is 5.32 Å². The molecule has 5 nitrogen and oxygen atoms in total. The van der Waals surface area contributed by atoms with Crippen molar-refractivity contribution in [3.63, 3.8) is 0 Å². The van der Waals surface area contributed by atoms with Crippen LogP contribution in [0.25, 0.3) is 16.6 Å². The number of methoxy groups -OCH3 is 1. The molecule has 136 valence electrons. The number of ether oxygens (including phenoxy) is 1. The zero-order valence-corrected chi connectivity index (χ0v) is 15.7. The fraction of sp³-hybridized carbons (Fsp3) is 0.300. The summed E-state index contributed by atoms with van der Waals surface area (Å²) in [6.07, 6.45) is 0.888. The van der Waals surface area contributed by atoms with Gasteiger partial charge in [0.25, 0.3) is 5.56 Å². The Hall–Kier alpha value is -2.21. The minimum absolute atomic E-state index is 0.0848. The Balaban J connectivity index is 2.08. The van der Waals surface area contributed by atoms with E-state index in [9.17, 15) is 4.79 Å². The van der Waals surface area contributed by atoms with Crippen molar-refractivity contribution in [1.82, 2.24) is 14.9 Å². The number of para-hydroxylation sites is 1. The lowest BCUT2D eigenvalue weighted by molar-refractivity contribution is 0.193. The van der Waals surface area contributed by atoms with E-state index < -0.39 is 0 Å². The second-order valence-corrected chi connectivity index (χ2v) is 6.56. The first-order chi connectivity index (χ1) is 12.6. The molecule has 2 aromatic carbocycles. The highest BCUT2D eigenvalue weighted by Crippen LogP contribution is 2.19. The van der Waals surface area contributed by atoms with E-state index in [0.717, 1.165) is 18.7 Å². The Labute approximate surface area is 157 Å². The van der Waals surface area contributed by atoms with Gasteiger partial charge in [0, 0.05) is 18.7 Å². The maximum absolute atomic E-state index is 13.2. The maximum Gasteiger partial charge on any atom is 0.266 e. The Morgan fingerprint density at radius 2 is 1.92 bits per heavy atom. The number of hydrogen-bond donors (Lipinski definition) is 1. The molecule has 0 bridgehead atoms. The summed E-state index contributed by atoms with van der Waals surface area (Å²) >= 11 is 6.01. The summed E-state index contributed by atoms with van der Waals surface area (Å²) in [4.78, 5) is 17.9. The van der Waals surface area contributed by atoms with Crippen LogP contribution in [0.4, 0.5) is 0 Å². The normalized spacial score (nSPS) is 12.4. The van der Waals surface area contributed by atoms with Gasteiger partial charge in [-0.3, -0.25) is 9.36 Å². The van der Waals surface area contributed by atoms with Crippen molar-refractivity contribution in [2.45, 2.75) is 19.4 Å². The third-order valence-corrected chi connectivity index (χ3v) is 4.50. The predicted octanol–water partition coefficient (Wildman–Crippen LogP) is 3.73. The summed E-state index contributed by atoms with van der Waals surface area (Å²) in [5.74, 6) is 0.674. The molecule has 0 radical (unpaired) electrons. The topological polar surface area (TPSA) is 56.1 Å². The predicted molar refractivity (Wildman–Crippen MR) is 105 cm³/mol. The smallest absolute Gasteiger partial charge is 0.266 e. The summed E-state index contributed by atoms with van der Waals surface area (Å²) < 4.78 is 6.75. The van der Waals surface area contributed by atoms with Crippen molar-refractivity contribution in [3.8, 4) is 5.69 Å². The number of aromatic nitrogens is 2. The summed E-state index contributed by atoms with van der Waals surface area (Å²) in [5, 5.41) is 4.64. The van der Waals surface area contributed by atoms with Gasteiger partial charge in [-0.2, -0.15) is 0 Å². The molecule has 3 rings (SSSR count). The highest BCUT2D eigenvalue weighted by Gasteiger charge is 2.17. The average molecular weight is 372 g/mol. The van der Waals surface area contributed by atoms with Crippen LogP contribution in [-0.2, 0) is 4.74 Å². The molecule has 6 heteroatoms. The van der Waals surface area contributed by atoms with Crippen molar-refractivity contribution < 1.29 is 4.74 Å². The Morgan fingerprint density at radius 1 is 1.19 bits per heavy atom. The molecule has 0 aliphatic carbocycles. The van der Waals surface area contributed by atoms with Gasteiger partial charge in [-0.25, -0.2) is 4.98 Å². The lowest BCUT2D eigenvalue weighted by Crippen LogP contribution is -2.30. The molecule has 0 spiro atoms. The first-order valence-electron chi connectivity index (χ1n) is 8.62. The van der Waals surface area contributed by atoms with E-state index in [1.165, 1.54) is 0 Å². The van der Waals surface area contributed by atoms with Crippen molar-refractivity contribution in [1.29, 1.82) is 0 Å². The standard InChI is InChI=1S/C20H22ClN3O2/c1-14(22-12-5-13-26-2)19-23-18-7-4-3-6-17(18)20(25)24(19)16-10-8-15(21)9-11-16/h3-4,6-11,14,22H,5,12-13H2,1-2H3. The second-order valence-electron chi connectivity index (χ2n) is 6.13. The third-order valence-electron chi connectivity index (χ3n) is 4.25. The lowest BCUT2D eigenvalue weighted by atomic mass is 10.2. The fourth-order valence-corrected chi connectivity index (χ4v) is 3.03. The van der Waals surface area contributed by atoms with Crippen molar-refractivity contribution in [2.75, 3.05) is 20.3 Å². The molecule has 1 unspecified atom stereocenters. The van der Waals surface area contributed by atoms with Crippen LogP contribution in [0.2, 0.25) is 5.02 Å². The average Bonchev–Trinajstić information content (AvgIpc) is 2.66. The summed E-state index contributed by atoms with van der Waals surface area (Å²) in [7, 11) is 1.69. The third kappa shape index (κ3) is 3.96. The molecule has 0 saturated heterocycles. The van der Waals surface area contributed by atoms with Crippen molar-refractivity contribution in [3.05, 3.63) is 69.7 Å². The molecule has 1 N–H and O–H groups in total. The summed E-state index contributed by atoms with van der Waals surface area (Å²) in [6.45, 7) is 3.48. The molecular formula is C20H22ClN3O2. The van der Waals surface area contributed by atoms with Gasteiger partial charge in [0.05, 0.1) is 22.6 Å². The molecule has 26 heavy (non-hydrogen) atoms. The lowest BCUT2D eigenvalue weighted by Gasteiger charge is -2.19. The molecule has 0 fully saturated rings. The largest absolute Gasteiger partial charge is 0.385 e. The molecule has 1 aromatic heterocycles. The molecule has 3 aromatic rings. The first-order valence-corrected chi connectivity index (χ1v) is 8.99. The van der Waals surface area contributed by atoms with Crippen LogP contribution in [0.15, 0.2) is 53.3 Å². The van der Waals surface area contributed by atoms with E-state index in [4.69, 9.17) is 21.3 Å². The number of nitrogens with zero attached hydrogens (tertiary/aromatic N) is 2. The Bertz CT molecular complexity index is 938. The summed E-state index contributed by atoms with van der Waals surface area (Å²) in [5.41, 5.74) is 1.36. The monoisotopic (exact) mass is 371 g/mol. The van der Waals surface area contributed by atoms with Gasteiger partial charge < -0.3 is 10.1 Å². The molecular weight excluding hydrogens is 350 g/mol. The summed E-state index contributed by atoms with van der Waals surface area (Å²) in [6, 6.07) is 14.5. The van der Waals surface area contributed by atoms with Crippen LogP contribution >= 0.6 is 11.6 Å². The second kappa shape index (κ2) is 8.45. The van der Waals surface area contributed by atoms with Gasteiger partial charge in [0.15, 0.2) is 0 Å². The SMILES string of the molecule is COCCCNC(C)c1nc2ccccc2c(=O)n1-c1ccc(Cl)cc1. The van der Waals surface area contributed by atoms with E-state index in [-0.39, 0.29) is 11.6 Å². The van der Waals surface area contributed by atoms with Crippen LogP contribution < -0.4 is 10.9 Å². The fourth-order valence-electron chi connectivity index (χ4n) is 2.91. The van der Waals surface area contributed by atoms with Crippen LogP contribution in [-0.4, -0.2) is 29.8 Å². The molecule has 0 aliphatic rings. The van der Waals surface area contributed by atoms with Gasteiger partial charge in [0.1, 0.15) is 5.82 Å². The zero-order valence-electron chi connectivity index (χ0n) is 14.9. The van der Waals surface area contributed by atoms with E-state index in [0.29, 0.717) is 28.4 Å². The van der Waals surface area contributed by atoms with Crippen molar-refractivity contribution >= 4 is 22.5 Å². The van der Waals surface area contributed by atoms with Gasteiger partial charge in [-0.15, -0.1) is 0 Å². The number of rotatable bonds is 7. The number of benzene rings is 2. The molecule has 1 atom stereocenters. The minimum atomic E-state index is -0.0974. The van der Waals surface area contributed by atoms with Crippen LogP contribution in [0, 0.1) is 0 Å². The number of hydrogen-bond acceptors (Lipinski definition) is 4. The molecule has 0 amide bonds. The van der Waals surface area contributed by atoms with E-state index in [1.807, 2.05) is 37.3 Å². The maximum atomic E-state index is 13.2. The van der Waals surface area contributed by atoms with Crippen molar-refractivity contribution in [2.24, 2.45) is 0 Å². The minimum Gasteiger partial charge on any atom is -0.385 e. The quantitative estimate of drug-likeness (QED) is 0.643. The van der Waals surface area contributed by atoms with E-state index >= 15 is 0 Å². The van der Waals surface area contributed by atoms with E-state index in [1.54, 1.807) is 29.9 Å². The number of nitrogens with one attached hydrogen (secondary N) is 1. The molecule has 0 saturated carbocycles. The Morgan fingerprint density at radius 3 is 2.65 bits per heavy atom. The van der Waals surface area contributed by atoms with Gasteiger partial charge in [-0.05, 0) is 56.3 Å². The number of fused-ring (bicyclic) bond motifs is 1. The van der Waals surface area contributed by atoms with Gasteiger partial charge in [0.2, 0.25) is 0 Å². The molecule has 0 aliphatic heterocycles. The number of halogens is 1. The Kier molecular flexibility index (Phi) is 6.04. The van der Waals surface area contributed by atoms with Crippen LogP contribution in [0.3, 0.4) is 0 Å². The molecule has 1 heterocycles. The zero-order chi connectivity index (χ0) is 18.5. The van der Waals surface area contributed by atoms with Gasteiger partial charge >= 0.3 is 0 Å².